The van der Waals surface area contributed by atoms with Crippen LogP contribution in [0.2, 0.25) is 0 Å². The third kappa shape index (κ3) is 3.93. The van der Waals surface area contributed by atoms with Crippen molar-refractivity contribution in [2.24, 2.45) is 0 Å². The summed E-state index contributed by atoms with van der Waals surface area (Å²) in [5.41, 5.74) is 3.67. The first-order chi connectivity index (χ1) is 17.0. The Kier molecular flexibility index (Phi) is 5.25. The number of anilines is 1. The number of imidazole rings is 1. The van der Waals surface area contributed by atoms with Gasteiger partial charge in [-0.3, -0.25) is 24.6 Å². The first-order valence-electron chi connectivity index (χ1n) is 11.8. The van der Waals surface area contributed by atoms with Crippen molar-refractivity contribution in [3.05, 3.63) is 65.4 Å². The first kappa shape index (κ1) is 21.7. The number of amides is 3. The van der Waals surface area contributed by atoms with Crippen LogP contribution in [-0.2, 0) is 22.7 Å². The third-order valence-corrected chi connectivity index (χ3v) is 7.11. The van der Waals surface area contributed by atoms with Crippen LogP contribution in [0.3, 0.4) is 0 Å². The van der Waals surface area contributed by atoms with Crippen LogP contribution in [0, 0.1) is 5.82 Å². The van der Waals surface area contributed by atoms with Crippen molar-refractivity contribution >= 4 is 29.1 Å². The highest BCUT2D eigenvalue weighted by Gasteiger charge is 2.41. The molecule has 2 saturated heterocycles. The van der Waals surface area contributed by atoms with Crippen molar-refractivity contribution < 1.29 is 18.8 Å². The van der Waals surface area contributed by atoms with E-state index in [4.69, 9.17) is 0 Å². The molecule has 0 bridgehead atoms. The second kappa shape index (κ2) is 8.46. The number of carbonyl (C=O) groups is 3. The van der Waals surface area contributed by atoms with Gasteiger partial charge in [0.05, 0.1) is 5.69 Å². The summed E-state index contributed by atoms with van der Waals surface area (Å²) in [5.74, 6) is -1.63. The van der Waals surface area contributed by atoms with Gasteiger partial charge in [0.15, 0.2) is 0 Å². The zero-order chi connectivity index (χ0) is 24.1. The van der Waals surface area contributed by atoms with Gasteiger partial charge in [0.25, 0.3) is 5.91 Å². The fraction of sp³-hybridized carbons (Fsp3) is 0.360. The molecule has 5 heterocycles. The molecule has 0 radical (unpaired) electrons. The number of hydrogen-bond acceptors (Lipinski definition) is 6. The van der Waals surface area contributed by atoms with E-state index in [-0.39, 0.29) is 31.2 Å². The molecule has 2 fully saturated rings. The maximum Gasteiger partial charge on any atom is 0.255 e. The van der Waals surface area contributed by atoms with E-state index in [0.717, 1.165) is 36.5 Å². The number of aromatic nitrogens is 2. The Bertz CT molecular complexity index is 1310. The van der Waals surface area contributed by atoms with Crippen molar-refractivity contribution in [1.82, 2.24) is 24.5 Å². The molecular formula is C25H25FN6O3. The number of hydrogen-bond donors (Lipinski definition) is 1. The van der Waals surface area contributed by atoms with Crippen LogP contribution < -0.4 is 10.2 Å². The van der Waals surface area contributed by atoms with Gasteiger partial charge in [0, 0.05) is 74.9 Å². The van der Waals surface area contributed by atoms with E-state index < -0.39 is 17.8 Å². The minimum absolute atomic E-state index is 0.187. The lowest BCUT2D eigenvalue weighted by Crippen LogP contribution is -2.52. The number of fused-ring (bicyclic) bond motifs is 2. The third-order valence-electron chi connectivity index (χ3n) is 7.11. The summed E-state index contributed by atoms with van der Waals surface area (Å²) >= 11 is 0. The highest BCUT2D eigenvalue weighted by molar-refractivity contribution is 6.06. The van der Waals surface area contributed by atoms with E-state index in [9.17, 15) is 18.8 Å². The highest BCUT2D eigenvalue weighted by atomic mass is 19.1. The second-order valence-electron chi connectivity index (χ2n) is 9.31. The topological polar surface area (TPSA) is 90.3 Å². The number of carbonyl (C=O) groups excluding carboxylic acids is 3. The smallest absolute Gasteiger partial charge is 0.255 e. The summed E-state index contributed by atoms with van der Waals surface area (Å²) in [6.07, 6.45) is 4.49. The molecule has 3 aromatic rings. The molecule has 0 aliphatic carbocycles. The lowest BCUT2D eigenvalue weighted by atomic mass is 10.0. The number of piperidine rings is 1. The Labute approximate surface area is 201 Å². The van der Waals surface area contributed by atoms with Gasteiger partial charge >= 0.3 is 0 Å². The zero-order valence-electron chi connectivity index (χ0n) is 19.1. The van der Waals surface area contributed by atoms with Crippen LogP contribution in [0.5, 0.6) is 0 Å². The lowest BCUT2D eigenvalue weighted by molar-refractivity contribution is -0.136. The molecule has 1 aromatic carbocycles. The number of rotatable bonds is 4. The maximum absolute atomic E-state index is 14.6. The molecule has 3 aliphatic heterocycles. The fourth-order valence-corrected chi connectivity index (χ4v) is 5.33. The predicted molar refractivity (Wildman–Crippen MR) is 125 cm³/mol. The molecule has 2 aromatic heterocycles. The minimum Gasteiger partial charge on any atom is -0.369 e. The summed E-state index contributed by atoms with van der Waals surface area (Å²) < 4.78 is 16.6. The molecule has 1 atom stereocenters. The molecule has 3 amide bonds. The van der Waals surface area contributed by atoms with Gasteiger partial charge in [0.1, 0.15) is 17.5 Å². The lowest BCUT2D eigenvalue weighted by Gasteiger charge is -2.36. The number of pyridine rings is 1. The van der Waals surface area contributed by atoms with Gasteiger partial charge < -0.3 is 14.2 Å². The SMILES string of the molecule is O=C1CCC(N2Cc3c(cc(F)cc3N3CCN(Cc4cn5ccccc5n4)CC3)C2=O)C(=O)N1. The Hall–Kier alpha value is -3.79. The van der Waals surface area contributed by atoms with Crippen molar-refractivity contribution in [3.8, 4) is 0 Å². The molecule has 10 heteroatoms. The summed E-state index contributed by atoms with van der Waals surface area (Å²) in [4.78, 5) is 47.6. The molecule has 0 spiro atoms. The van der Waals surface area contributed by atoms with Gasteiger partial charge in [0.2, 0.25) is 11.8 Å². The summed E-state index contributed by atoms with van der Waals surface area (Å²) in [5, 5.41) is 2.31. The van der Waals surface area contributed by atoms with Crippen LogP contribution >= 0.6 is 0 Å². The molecule has 180 valence electrons. The molecule has 9 nitrogen and oxygen atoms in total. The average Bonchev–Trinajstić information content (AvgIpc) is 3.40. The Morgan fingerprint density at radius 1 is 1.09 bits per heavy atom. The number of benzene rings is 1. The highest BCUT2D eigenvalue weighted by Crippen LogP contribution is 2.35. The van der Waals surface area contributed by atoms with Crippen LogP contribution in [0.15, 0.2) is 42.7 Å². The van der Waals surface area contributed by atoms with E-state index in [1.54, 1.807) is 0 Å². The standard InChI is InChI=1S/C25H25FN6O3/c26-16-11-18-19(15-32(25(18)35)20-4-5-23(33)28-24(20)34)21(12-16)30-9-7-29(8-10-30)13-17-14-31-6-2-1-3-22(31)27-17/h1-3,6,11-12,14,20H,4-5,7-10,13,15H2,(H,28,33,34). The average molecular weight is 477 g/mol. The van der Waals surface area contributed by atoms with E-state index in [1.807, 2.05) is 35.0 Å². The van der Waals surface area contributed by atoms with Crippen LogP contribution in [0.1, 0.15) is 34.5 Å². The number of halogens is 1. The summed E-state index contributed by atoms with van der Waals surface area (Å²) in [7, 11) is 0. The number of imide groups is 1. The molecule has 1 N–H and O–H groups in total. The summed E-state index contributed by atoms with van der Waals surface area (Å²) in [6.45, 7) is 3.91. The van der Waals surface area contributed by atoms with Gasteiger partial charge in [-0.1, -0.05) is 6.07 Å². The van der Waals surface area contributed by atoms with Crippen molar-refractivity contribution in [1.29, 1.82) is 0 Å². The Balaban J connectivity index is 1.17. The molecule has 6 rings (SSSR count). The van der Waals surface area contributed by atoms with Crippen LogP contribution in [0.25, 0.3) is 5.65 Å². The first-order valence-corrected chi connectivity index (χ1v) is 11.8. The normalized spacial score (nSPS) is 21.1. The van der Waals surface area contributed by atoms with E-state index in [0.29, 0.717) is 24.3 Å². The van der Waals surface area contributed by atoms with E-state index in [1.165, 1.54) is 17.0 Å². The Morgan fingerprint density at radius 3 is 2.69 bits per heavy atom. The van der Waals surface area contributed by atoms with Crippen LogP contribution in [0.4, 0.5) is 10.1 Å². The largest absolute Gasteiger partial charge is 0.369 e. The second-order valence-corrected chi connectivity index (χ2v) is 9.31. The van der Waals surface area contributed by atoms with Gasteiger partial charge in [-0.05, 0) is 30.7 Å². The molecule has 3 aliphatic rings. The molecule has 35 heavy (non-hydrogen) atoms. The number of nitrogens with zero attached hydrogens (tertiary/aromatic N) is 5. The number of piperazine rings is 1. The monoisotopic (exact) mass is 476 g/mol. The molecule has 1 unspecified atom stereocenters. The molecular weight excluding hydrogens is 451 g/mol. The maximum atomic E-state index is 14.6. The quantitative estimate of drug-likeness (QED) is 0.575. The van der Waals surface area contributed by atoms with E-state index >= 15 is 0 Å². The Morgan fingerprint density at radius 2 is 1.91 bits per heavy atom. The predicted octanol–water partition coefficient (Wildman–Crippen LogP) is 1.56. The fourth-order valence-electron chi connectivity index (χ4n) is 5.33. The minimum atomic E-state index is -0.717. The van der Waals surface area contributed by atoms with E-state index in [2.05, 4.69) is 20.1 Å². The number of nitrogens with one attached hydrogen (secondary N) is 1. The zero-order valence-corrected chi connectivity index (χ0v) is 19.1. The van der Waals surface area contributed by atoms with Crippen molar-refractivity contribution in [3.63, 3.8) is 0 Å². The summed E-state index contributed by atoms with van der Waals surface area (Å²) in [6, 6.07) is 7.94. The van der Waals surface area contributed by atoms with Crippen molar-refractivity contribution in [2.45, 2.75) is 32.0 Å². The van der Waals surface area contributed by atoms with Crippen LogP contribution in [-0.4, -0.2) is 69.1 Å². The van der Waals surface area contributed by atoms with Gasteiger partial charge in [-0.2, -0.15) is 0 Å². The molecule has 0 saturated carbocycles. The van der Waals surface area contributed by atoms with Crippen molar-refractivity contribution in [2.75, 3.05) is 31.1 Å². The van der Waals surface area contributed by atoms with Gasteiger partial charge in [-0.25, -0.2) is 9.37 Å². The van der Waals surface area contributed by atoms with Gasteiger partial charge in [-0.15, -0.1) is 0 Å².